The van der Waals surface area contributed by atoms with Gasteiger partial charge in [0.2, 0.25) is 5.91 Å². The molecule has 0 bridgehead atoms. The van der Waals surface area contributed by atoms with Crippen LogP contribution in [-0.4, -0.2) is 13.0 Å². The minimum absolute atomic E-state index is 0.288. The molecule has 0 aromatic heterocycles. The van der Waals surface area contributed by atoms with Gasteiger partial charge in [0.25, 0.3) is 0 Å². The van der Waals surface area contributed by atoms with Crippen LogP contribution in [0.15, 0.2) is 11.4 Å². The van der Waals surface area contributed by atoms with E-state index in [1.54, 1.807) is 0 Å². The molecule has 13 heavy (non-hydrogen) atoms. The Morgan fingerprint density at radius 2 is 2.00 bits per heavy atom. The lowest BCUT2D eigenvalue weighted by Crippen LogP contribution is -2.20. The average Bonchev–Trinajstić information content (AvgIpc) is 2.11. The van der Waals surface area contributed by atoms with Gasteiger partial charge in [-0.05, 0) is 19.8 Å². The topological polar surface area (TPSA) is 29.1 Å². The molecule has 0 fully saturated rings. The van der Waals surface area contributed by atoms with Crippen molar-refractivity contribution in [2.24, 2.45) is 0 Å². The minimum atomic E-state index is -0.365. The molecule has 0 radical (unpaired) electrons. The molecular weight excluding hydrogens is 169 g/mol. The number of hydrogen-bond donors (Lipinski definition) is 1. The van der Waals surface area contributed by atoms with Gasteiger partial charge in [-0.15, -0.1) is 0 Å². The molecule has 0 spiro atoms. The van der Waals surface area contributed by atoms with Gasteiger partial charge in [-0.1, -0.05) is 19.8 Å². The maximum atomic E-state index is 12.8. The molecule has 0 aromatic rings. The van der Waals surface area contributed by atoms with E-state index in [1.165, 1.54) is 14.0 Å². The van der Waals surface area contributed by atoms with E-state index < -0.39 is 0 Å². The van der Waals surface area contributed by atoms with Crippen LogP contribution in [0.2, 0.25) is 0 Å². The Balaban J connectivity index is 4.14. The summed E-state index contributed by atoms with van der Waals surface area (Å²) >= 11 is 0. The third-order valence-corrected chi connectivity index (χ3v) is 1.95. The highest BCUT2D eigenvalue weighted by atomic mass is 19.1. The summed E-state index contributed by atoms with van der Waals surface area (Å²) in [6, 6.07) is 0. The van der Waals surface area contributed by atoms with Crippen molar-refractivity contribution in [3.8, 4) is 0 Å². The van der Waals surface area contributed by atoms with E-state index in [1.807, 2.05) is 0 Å². The first-order chi connectivity index (χ1) is 6.13. The zero-order valence-electron chi connectivity index (χ0n) is 8.61. The van der Waals surface area contributed by atoms with Crippen LogP contribution in [0, 0.1) is 0 Å². The van der Waals surface area contributed by atoms with E-state index >= 15 is 0 Å². The van der Waals surface area contributed by atoms with Crippen molar-refractivity contribution in [1.82, 2.24) is 5.32 Å². The van der Waals surface area contributed by atoms with Crippen LogP contribution in [0.4, 0.5) is 4.39 Å². The highest BCUT2D eigenvalue weighted by Crippen LogP contribution is 2.14. The number of unbranched alkanes of at least 4 members (excludes halogenated alkanes) is 2. The number of carbonyl (C=O) groups is 1. The van der Waals surface area contributed by atoms with E-state index in [2.05, 4.69) is 12.2 Å². The van der Waals surface area contributed by atoms with Crippen LogP contribution in [0.1, 0.15) is 39.5 Å². The number of amides is 1. The first-order valence-electron chi connectivity index (χ1n) is 4.70. The molecule has 0 unspecified atom stereocenters. The third kappa shape index (κ3) is 4.65. The second-order valence-corrected chi connectivity index (χ2v) is 3.05. The number of hydrogen-bond acceptors (Lipinski definition) is 1. The Bertz CT molecular complexity index is 195. The number of allylic oxidation sites excluding steroid dienone is 1. The fourth-order valence-electron chi connectivity index (χ4n) is 1.14. The van der Waals surface area contributed by atoms with E-state index in [4.69, 9.17) is 0 Å². The minimum Gasteiger partial charge on any atom is -0.355 e. The first kappa shape index (κ1) is 12.1. The summed E-state index contributed by atoms with van der Waals surface area (Å²) in [5.74, 6) is -0.661. The second kappa shape index (κ2) is 6.63. The highest BCUT2D eigenvalue weighted by molar-refractivity contribution is 5.93. The Hall–Kier alpha value is -0.860. The first-order valence-corrected chi connectivity index (χ1v) is 4.70. The molecule has 0 saturated heterocycles. The van der Waals surface area contributed by atoms with Crippen molar-refractivity contribution in [3.05, 3.63) is 11.4 Å². The SMILES string of the molecule is CCCCC/C(C(=O)NC)=C(\C)F. The standard InChI is InChI=1S/C10H18FNO/c1-4-5-6-7-9(8(2)11)10(13)12-3/h4-7H2,1-3H3,(H,12,13)/b9-8-. The number of carbonyl (C=O) groups excluding carboxylic acids is 1. The van der Waals surface area contributed by atoms with Gasteiger partial charge in [-0.25, -0.2) is 4.39 Å². The summed E-state index contributed by atoms with van der Waals surface area (Å²) in [6.07, 6.45) is 3.52. The molecule has 0 saturated carbocycles. The summed E-state index contributed by atoms with van der Waals surface area (Å²) < 4.78 is 12.8. The van der Waals surface area contributed by atoms with E-state index in [-0.39, 0.29) is 17.3 Å². The van der Waals surface area contributed by atoms with Crippen LogP contribution < -0.4 is 5.32 Å². The van der Waals surface area contributed by atoms with Gasteiger partial charge in [-0.2, -0.15) is 0 Å². The smallest absolute Gasteiger partial charge is 0.249 e. The largest absolute Gasteiger partial charge is 0.355 e. The molecule has 2 nitrogen and oxygen atoms in total. The lowest BCUT2D eigenvalue weighted by Gasteiger charge is -2.05. The molecule has 3 heteroatoms. The summed E-state index contributed by atoms with van der Waals surface area (Å²) in [5.41, 5.74) is 0.288. The van der Waals surface area contributed by atoms with Crippen LogP contribution in [0.5, 0.6) is 0 Å². The van der Waals surface area contributed by atoms with Gasteiger partial charge in [0.15, 0.2) is 0 Å². The lowest BCUT2D eigenvalue weighted by atomic mass is 10.1. The van der Waals surface area contributed by atoms with E-state index in [0.29, 0.717) is 6.42 Å². The molecule has 0 aliphatic heterocycles. The molecule has 0 aromatic carbocycles. The quantitative estimate of drug-likeness (QED) is 0.520. The normalized spacial score (nSPS) is 12.3. The van der Waals surface area contributed by atoms with Crippen LogP contribution in [0.3, 0.4) is 0 Å². The Labute approximate surface area is 79.2 Å². The van der Waals surface area contributed by atoms with Crippen LogP contribution in [-0.2, 0) is 4.79 Å². The summed E-state index contributed by atoms with van der Waals surface area (Å²) in [6.45, 7) is 3.40. The van der Waals surface area contributed by atoms with Gasteiger partial charge >= 0.3 is 0 Å². The van der Waals surface area contributed by atoms with E-state index in [9.17, 15) is 9.18 Å². The van der Waals surface area contributed by atoms with Crippen molar-refractivity contribution in [2.45, 2.75) is 39.5 Å². The molecule has 0 aliphatic rings. The predicted octanol–water partition coefficient (Wildman–Crippen LogP) is 2.56. The van der Waals surface area contributed by atoms with Gasteiger partial charge in [0, 0.05) is 12.6 Å². The Morgan fingerprint density at radius 1 is 1.38 bits per heavy atom. The molecular formula is C10H18FNO. The predicted molar refractivity (Wildman–Crippen MR) is 52.0 cm³/mol. The summed E-state index contributed by atoms with van der Waals surface area (Å²) in [5, 5.41) is 2.44. The van der Waals surface area contributed by atoms with Crippen molar-refractivity contribution >= 4 is 5.91 Å². The monoisotopic (exact) mass is 187 g/mol. The van der Waals surface area contributed by atoms with Gasteiger partial charge in [0.1, 0.15) is 5.83 Å². The number of nitrogens with one attached hydrogen (secondary N) is 1. The van der Waals surface area contributed by atoms with Crippen LogP contribution >= 0.6 is 0 Å². The number of halogens is 1. The lowest BCUT2D eigenvalue weighted by molar-refractivity contribution is -0.117. The van der Waals surface area contributed by atoms with Gasteiger partial charge in [0.05, 0.1) is 0 Å². The van der Waals surface area contributed by atoms with Crippen LogP contribution in [0.25, 0.3) is 0 Å². The maximum absolute atomic E-state index is 12.8. The van der Waals surface area contributed by atoms with E-state index in [0.717, 1.165) is 19.3 Å². The molecule has 76 valence electrons. The van der Waals surface area contributed by atoms with Gasteiger partial charge in [-0.3, -0.25) is 4.79 Å². The molecule has 0 rings (SSSR count). The molecule has 0 atom stereocenters. The zero-order chi connectivity index (χ0) is 10.3. The van der Waals surface area contributed by atoms with Gasteiger partial charge < -0.3 is 5.32 Å². The van der Waals surface area contributed by atoms with Crippen molar-refractivity contribution in [1.29, 1.82) is 0 Å². The fraction of sp³-hybridized carbons (Fsp3) is 0.700. The fourth-order valence-corrected chi connectivity index (χ4v) is 1.14. The molecule has 0 aliphatic carbocycles. The summed E-state index contributed by atoms with van der Waals surface area (Å²) in [7, 11) is 1.52. The zero-order valence-corrected chi connectivity index (χ0v) is 8.61. The Kier molecular flexibility index (Phi) is 6.20. The number of likely N-dealkylation sites (N-methyl/N-ethyl adjacent to an activating group) is 1. The maximum Gasteiger partial charge on any atom is 0.249 e. The van der Waals surface area contributed by atoms with Crippen molar-refractivity contribution in [3.63, 3.8) is 0 Å². The molecule has 1 amide bonds. The second-order valence-electron chi connectivity index (χ2n) is 3.05. The average molecular weight is 187 g/mol. The van der Waals surface area contributed by atoms with Crippen molar-refractivity contribution in [2.75, 3.05) is 7.05 Å². The Morgan fingerprint density at radius 3 is 2.38 bits per heavy atom. The highest BCUT2D eigenvalue weighted by Gasteiger charge is 2.10. The summed E-state index contributed by atoms with van der Waals surface area (Å²) in [4.78, 5) is 11.1. The third-order valence-electron chi connectivity index (χ3n) is 1.95. The number of rotatable bonds is 5. The molecule has 0 heterocycles. The molecule has 1 N–H and O–H groups in total. The van der Waals surface area contributed by atoms with Crippen molar-refractivity contribution < 1.29 is 9.18 Å².